The van der Waals surface area contributed by atoms with Gasteiger partial charge in [-0.25, -0.2) is 4.99 Å². The highest BCUT2D eigenvalue weighted by molar-refractivity contribution is 7.10. The van der Waals surface area contributed by atoms with Gasteiger partial charge in [-0.05, 0) is 61.4 Å². The summed E-state index contributed by atoms with van der Waals surface area (Å²) in [6.45, 7) is 5.74. The number of thiophene rings is 1. The first-order valence-electron chi connectivity index (χ1n) is 11.0. The number of hydrogen-bond donors (Lipinski definition) is 1. The molecule has 4 rings (SSSR count). The molecule has 32 heavy (non-hydrogen) atoms. The third kappa shape index (κ3) is 4.56. The van der Waals surface area contributed by atoms with Crippen molar-refractivity contribution in [1.29, 1.82) is 0 Å². The fourth-order valence-corrected chi connectivity index (χ4v) is 5.33. The minimum atomic E-state index is -0.674. The summed E-state index contributed by atoms with van der Waals surface area (Å²) in [5.74, 6) is 6.45. The normalized spacial score (nSPS) is 20.9. The highest BCUT2D eigenvalue weighted by Crippen LogP contribution is 2.39. The third-order valence-corrected chi connectivity index (χ3v) is 7.19. The van der Waals surface area contributed by atoms with Crippen molar-refractivity contribution < 1.29 is 9.59 Å². The second kappa shape index (κ2) is 9.17. The summed E-state index contributed by atoms with van der Waals surface area (Å²) in [6, 6.07) is 10.2. The number of rotatable bonds is 6. The van der Waals surface area contributed by atoms with Crippen molar-refractivity contribution in [3.05, 3.63) is 46.2 Å². The molecule has 2 aliphatic heterocycles. The van der Waals surface area contributed by atoms with E-state index in [4.69, 9.17) is 10.7 Å². The van der Waals surface area contributed by atoms with Gasteiger partial charge in [0.15, 0.2) is 5.96 Å². The van der Waals surface area contributed by atoms with E-state index in [0.717, 1.165) is 34.5 Å². The third-order valence-electron chi connectivity index (χ3n) is 6.01. The molecule has 6 nitrogen and oxygen atoms in total. The molecule has 0 spiro atoms. The fraction of sp³-hybridized carbons (Fsp3) is 0.400. The van der Waals surface area contributed by atoms with Crippen molar-refractivity contribution in [1.82, 2.24) is 9.80 Å². The van der Waals surface area contributed by atoms with E-state index >= 15 is 0 Å². The lowest BCUT2D eigenvalue weighted by molar-refractivity contribution is -0.129. The molecule has 1 aromatic carbocycles. The predicted octanol–water partition coefficient (Wildman–Crippen LogP) is 3.56. The standard InChI is InChI=1S/C25H28N4O2S/c1-3-7-18-8-4-9-19(14-18)20-15-21(32-17-20)25(2)16-23(31)29(24(26)27-25)13-6-12-28-11-5-10-22(28)30/h4,8-9,14-15,17H,5-6,10-13,16H2,1-2H3,(H2,26,27)/t25-/m0/s1. The quantitative estimate of drug-likeness (QED) is 0.687. The Morgan fingerprint density at radius 3 is 2.75 bits per heavy atom. The molecule has 2 amide bonds. The Labute approximate surface area is 193 Å². The van der Waals surface area contributed by atoms with E-state index in [1.807, 2.05) is 30.9 Å². The molecule has 0 unspecified atom stereocenters. The van der Waals surface area contributed by atoms with Crippen LogP contribution in [0.3, 0.4) is 0 Å². The maximum Gasteiger partial charge on any atom is 0.232 e. The van der Waals surface area contributed by atoms with E-state index in [9.17, 15) is 9.59 Å². The summed E-state index contributed by atoms with van der Waals surface area (Å²) in [6.07, 6.45) is 2.52. The number of nitrogens with zero attached hydrogens (tertiary/aromatic N) is 3. The molecule has 1 aromatic heterocycles. The maximum atomic E-state index is 13.0. The van der Waals surface area contributed by atoms with Gasteiger partial charge in [0.25, 0.3) is 0 Å². The molecular weight excluding hydrogens is 420 g/mol. The Bertz CT molecular complexity index is 1130. The maximum absolute atomic E-state index is 13.0. The van der Waals surface area contributed by atoms with Gasteiger partial charge in [0.05, 0.1) is 6.42 Å². The van der Waals surface area contributed by atoms with Gasteiger partial charge in [-0.2, -0.15) is 0 Å². The van der Waals surface area contributed by atoms with Gasteiger partial charge in [-0.3, -0.25) is 14.5 Å². The molecule has 0 radical (unpaired) electrons. The average Bonchev–Trinajstić information content (AvgIpc) is 3.40. The molecule has 0 bridgehead atoms. The van der Waals surface area contributed by atoms with Crippen LogP contribution in [0.1, 0.15) is 50.0 Å². The van der Waals surface area contributed by atoms with E-state index in [-0.39, 0.29) is 24.2 Å². The second-order valence-electron chi connectivity index (χ2n) is 8.46. The molecule has 3 heterocycles. The minimum absolute atomic E-state index is 0.0251. The number of carbonyl (C=O) groups is 2. The number of guanidine groups is 1. The molecule has 0 saturated carbocycles. The van der Waals surface area contributed by atoms with Gasteiger partial charge in [-0.15, -0.1) is 17.3 Å². The van der Waals surface area contributed by atoms with Crippen LogP contribution in [0.2, 0.25) is 0 Å². The number of benzene rings is 1. The van der Waals surface area contributed by atoms with Gasteiger partial charge in [-0.1, -0.05) is 18.1 Å². The molecular formula is C25H28N4O2S. The smallest absolute Gasteiger partial charge is 0.232 e. The van der Waals surface area contributed by atoms with Crippen LogP contribution in [0.25, 0.3) is 11.1 Å². The van der Waals surface area contributed by atoms with Crippen LogP contribution < -0.4 is 5.73 Å². The molecule has 7 heteroatoms. The highest BCUT2D eigenvalue weighted by atomic mass is 32.1. The number of hydrogen-bond acceptors (Lipinski definition) is 5. The Morgan fingerprint density at radius 2 is 2.03 bits per heavy atom. The first kappa shape index (κ1) is 22.1. The Morgan fingerprint density at radius 1 is 1.19 bits per heavy atom. The largest absolute Gasteiger partial charge is 0.369 e. The van der Waals surface area contributed by atoms with Crippen LogP contribution in [0.4, 0.5) is 0 Å². The van der Waals surface area contributed by atoms with Crippen LogP contribution >= 0.6 is 11.3 Å². The Hall–Kier alpha value is -3.11. The summed E-state index contributed by atoms with van der Waals surface area (Å²) >= 11 is 1.60. The molecule has 1 atom stereocenters. The van der Waals surface area contributed by atoms with Crippen LogP contribution in [0.5, 0.6) is 0 Å². The monoisotopic (exact) mass is 448 g/mol. The summed E-state index contributed by atoms with van der Waals surface area (Å²) in [5, 5.41) is 2.09. The van der Waals surface area contributed by atoms with Crippen molar-refractivity contribution in [2.24, 2.45) is 10.7 Å². The average molecular weight is 449 g/mol. The van der Waals surface area contributed by atoms with Gasteiger partial charge in [0.1, 0.15) is 5.54 Å². The van der Waals surface area contributed by atoms with Crippen molar-refractivity contribution in [3.63, 3.8) is 0 Å². The number of nitrogens with two attached hydrogens (primary N) is 1. The zero-order chi connectivity index (χ0) is 22.7. The number of likely N-dealkylation sites (tertiary alicyclic amines) is 1. The predicted molar refractivity (Wildman–Crippen MR) is 128 cm³/mol. The zero-order valence-electron chi connectivity index (χ0n) is 18.6. The lowest BCUT2D eigenvalue weighted by Gasteiger charge is -2.34. The van der Waals surface area contributed by atoms with E-state index in [1.165, 1.54) is 0 Å². The lowest BCUT2D eigenvalue weighted by atomic mass is 9.93. The van der Waals surface area contributed by atoms with Gasteiger partial charge < -0.3 is 10.6 Å². The van der Waals surface area contributed by atoms with Crippen molar-refractivity contribution in [3.8, 4) is 23.0 Å². The molecule has 2 aliphatic rings. The summed E-state index contributed by atoms with van der Waals surface area (Å²) < 4.78 is 0. The van der Waals surface area contributed by atoms with Crippen molar-refractivity contribution in [2.45, 2.75) is 45.1 Å². The molecule has 166 valence electrons. The van der Waals surface area contributed by atoms with Gasteiger partial charge in [0.2, 0.25) is 11.8 Å². The highest BCUT2D eigenvalue weighted by Gasteiger charge is 2.38. The lowest BCUT2D eigenvalue weighted by Crippen LogP contribution is -2.50. The van der Waals surface area contributed by atoms with Crippen LogP contribution in [-0.2, 0) is 15.1 Å². The zero-order valence-corrected chi connectivity index (χ0v) is 19.4. The van der Waals surface area contributed by atoms with Crippen LogP contribution in [0.15, 0.2) is 40.7 Å². The molecule has 2 aromatic rings. The number of amides is 2. The first-order valence-corrected chi connectivity index (χ1v) is 11.8. The molecule has 1 fully saturated rings. The molecule has 2 N–H and O–H groups in total. The first-order chi connectivity index (χ1) is 15.4. The van der Waals surface area contributed by atoms with Crippen LogP contribution in [0, 0.1) is 11.8 Å². The van der Waals surface area contributed by atoms with E-state index in [2.05, 4.69) is 35.4 Å². The van der Waals surface area contributed by atoms with E-state index in [1.54, 1.807) is 16.2 Å². The van der Waals surface area contributed by atoms with Gasteiger partial charge >= 0.3 is 0 Å². The molecule has 1 saturated heterocycles. The Balaban J connectivity index is 1.47. The fourth-order valence-electron chi connectivity index (χ4n) is 4.30. The van der Waals surface area contributed by atoms with Crippen LogP contribution in [-0.4, -0.2) is 47.2 Å². The van der Waals surface area contributed by atoms with Crippen molar-refractivity contribution >= 4 is 29.1 Å². The van der Waals surface area contributed by atoms with E-state index < -0.39 is 5.54 Å². The second-order valence-corrected chi connectivity index (χ2v) is 9.37. The molecule has 0 aliphatic carbocycles. The van der Waals surface area contributed by atoms with Crippen molar-refractivity contribution in [2.75, 3.05) is 19.6 Å². The minimum Gasteiger partial charge on any atom is -0.369 e. The van der Waals surface area contributed by atoms with Gasteiger partial charge in [0, 0.05) is 36.5 Å². The topological polar surface area (TPSA) is 79.0 Å². The van der Waals surface area contributed by atoms with E-state index in [0.29, 0.717) is 25.9 Å². The Kier molecular flexibility index (Phi) is 6.33. The SMILES string of the molecule is CC#Cc1cccc(-c2csc([C@]3(C)CC(=O)N(CCCN4CCCC4=O)C(N)=N3)c2)c1. The summed E-state index contributed by atoms with van der Waals surface area (Å²) in [4.78, 5) is 33.9. The number of carbonyl (C=O) groups excluding carboxylic acids is 2. The summed E-state index contributed by atoms with van der Waals surface area (Å²) in [7, 11) is 0. The summed E-state index contributed by atoms with van der Waals surface area (Å²) in [5.41, 5.74) is 8.72. The number of aliphatic imine (C=N–C) groups is 1.